The molecule has 2 N–H and O–H groups in total. The van der Waals surface area contributed by atoms with Crippen LogP contribution in [-0.2, 0) is 4.74 Å². The van der Waals surface area contributed by atoms with E-state index in [0.29, 0.717) is 5.69 Å². The predicted molar refractivity (Wildman–Crippen MR) is 38.4 cm³/mol. The van der Waals surface area contributed by atoms with E-state index in [-0.39, 0.29) is 6.23 Å². The highest BCUT2D eigenvalue weighted by molar-refractivity contribution is 5.30. The first-order chi connectivity index (χ1) is 4.74. The Balaban J connectivity index is 2.74. The number of nitrogens with two attached hydrogens (primary N) is 1. The standard InChI is InChI=1S/C6H11N3O/c1-5(10-2)9-4-6(7)3-8-9/h3-5H,7H2,1-2H3. The van der Waals surface area contributed by atoms with Gasteiger partial charge in [-0.3, -0.25) is 0 Å². The Morgan fingerprint density at radius 2 is 2.50 bits per heavy atom. The van der Waals surface area contributed by atoms with Crippen LogP contribution in [-0.4, -0.2) is 16.9 Å². The Morgan fingerprint density at radius 3 is 2.90 bits per heavy atom. The summed E-state index contributed by atoms with van der Waals surface area (Å²) in [6.07, 6.45) is 3.28. The smallest absolute Gasteiger partial charge is 0.147 e. The van der Waals surface area contributed by atoms with E-state index in [1.165, 1.54) is 0 Å². The van der Waals surface area contributed by atoms with E-state index >= 15 is 0 Å². The van der Waals surface area contributed by atoms with Gasteiger partial charge in [0.05, 0.1) is 18.1 Å². The summed E-state index contributed by atoms with van der Waals surface area (Å²) in [6.45, 7) is 1.90. The second-order valence-electron chi connectivity index (χ2n) is 2.09. The fraction of sp³-hybridized carbons (Fsp3) is 0.500. The summed E-state index contributed by atoms with van der Waals surface area (Å²) in [7, 11) is 1.63. The Morgan fingerprint density at radius 1 is 1.80 bits per heavy atom. The maximum atomic E-state index is 5.43. The third kappa shape index (κ3) is 1.27. The fourth-order valence-corrected chi connectivity index (χ4v) is 0.660. The van der Waals surface area contributed by atoms with Gasteiger partial charge < -0.3 is 10.5 Å². The second-order valence-corrected chi connectivity index (χ2v) is 2.09. The first kappa shape index (κ1) is 7.08. The summed E-state index contributed by atoms with van der Waals surface area (Å²) in [5, 5.41) is 3.95. The molecular formula is C6H11N3O. The summed E-state index contributed by atoms with van der Waals surface area (Å²) in [5.74, 6) is 0. The van der Waals surface area contributed by atoms with Crippen molar-refractivity contribution in [2.24, 2.45) is 0 Å². The molecule has 0 aliphatic heterocycles. The Kier molecular flexibility index (Phi) is 1.91. The molecule has 0 aliphatic rings. The number of nitrogen functional groups attached to an aromatic ring is 1. The van der Waals surface area contributed by atoms with Crippen molar-refractivity contribution in [3.8, 4) is 0 Å². The van der Waals surface area contributed by atoms with Crippen molar-refractivity contribution >= 4 is 5.69 Å². The van der Waals surface area contributed by atoms with Gasteiger partial charge in [0.25, 0.3) is 0 Å². The van der Waals surface area contributed by atoms with Crippen LogP contribution in [0.3, 0.4) is 0 Å². The van der Waals surface area contributed by atoms with E-state index in [9.17, 15) is 0 Å². The Labute approximate surface area is 59.6 Å². The lowest BCUT2D eigenvalue weighted by atomic mass is 10.6. The number of hydrogen-bond donors (Lipinski definition) is 1. The zero-order chi connectivity index (χ0) is 7.56. The van der Waals surface area contributed by atoms with Gasteiger partial charge in [-0.25, -0.2) is 4.68 Å². The first-order valence-electron chi connectivity index (χ1n) is 3.06. The van der Waals surface area contributed by atoms with Gasteiger partial charge in [-0.1, -0.05) is 0 Å². The molecule has 1 rings (SSSR count). The molecule has 0 saturated heterocycles. The Bertz CT molecular complexity index is 209. The van der Waals surface area contributed by atoms with Crippen molar-refractivity contribution in [1.82, 2.24) is 9.78 Å². The Hall–Kier alpha value is -1.03. The van der Waals surface area contributed by atoms with Gasteiger partial charge in [0.15, 0.2) is 0 Å². The highest BCUT2D eigenvalue weighted by Crippen LogP contribution is 2.06. The van der Waals surface area contributed by atoms with Crippen molar-refractivity contribution in [2.45, 2.75) is 13.2 Å². The molecule has 56 valence electrons. The summed E-state index contributed by atoms with van der Waals surface area (Å²) in [6, 6.07) is 0. The molecular weight excluding hydrogens is 130 g/mol. The highest BCUT2D eigenvalue weighted by Gasteiger charge is 2.01. The minimum atomic E-state index is -0.0442. The van der Waals surface area contributed by atoms with Crippen LogP contribution in [0.2, 0.25) is 0 Å². The van der Waals surface area contributed by atoms with E-state index in [4.69, 9.17) is 10.5 Å². The summed E-state index contributed by atoms with van der Waals surface area (Å²) in [5.41, 5.74) is 6.09. The molecule has 0 spiro atoms. The van der Waals surface area contributed by atoms with Crippen LogP contribution in [0, 0.1) is 0 Å². The van der Waals surface area contributed by atoms with Crippen LogP contribution < -0.4 is 5.73 Å². The molecule has 1 heterocycles. The predicted octanol–water partition coefficient (Wildman–Crippen LogP) is 0.630. The summed E-state index contributed by atoms with van der Waals surface area (Å²) in [4.78, 5) is 0. The molecule has 0 amide bonds. The van der Waals surface area contributed by atoms with Gasteiger partial charge in [-0.05, 0) is 6.92 Å². The molecule has 0 fully saturated rings. The maximum absolute atomic E-state index is 5.43. The molecule has 0 radical (unpaired) electrons. The van der Waals surface area contributed by atoms with Crippen LogP contribution in [0.25, 0.3) is 0 Å². The number of nitrogens with zero attached hydrogens (tertiary/aromatic N) is 2. The van der Waals surface area contributed by atoms with Gasteiger partial charge in [-0.2, -0.15) is 5.10 Å². The highest BCUT2D eigenvalue weighted by atomic mass is 16.5. The zero-order valence-corrected chi connectivity index (χ0v) is 6.11. The van der Waals surface area contributed by atoms with Crippen LogP contribution in [0.15, 0.2) is 12.4 Å². The van der Waals surface area contributed by atoms with Crippen molar-refractivity contribution < 1.29 is 4.74 Å². The monoisotopic (exact) mass is 141 g/mol. The molecule has 4 heteroatoms. The minimum Gasteiger partial charge on any atom is -0.396 e. The molecule has 0 aromatic carbocycles. The van der Waals surface area contributed by atoms with Crippen LogP contribution in [0.5, 0.6) is 0 Å². The molecule has 10 heavy (non-hydrogen) atoms. The topological polar surface area (TPSA) is 53.1 Å². The first-order valence-corrected chi connectivity index (χ1v) is 3.06. The van der Waals surface area contributed by atoms with E-state index < -0.39 is 0 Å². The van der Waals surface area contributed by atoms with Gasteiger partial charge in [0, 0.05) is 7.11 Å². The van der Waals surface area contributed by atoms with Gasteiger partial charge in [0.1, 0.15) is 6.23 Å². The largest absolute Gasteiger partial charge is 0.396 e. The fourth-order valence-electron chi connectivity index (χ4n) is 0.660. The van der Waals surface area contributed by atoms with Gasteiger partial charge >= 0.3 is 0 Å². The van der Waals surface area contributed by atoms with Gasteiger partial charge in [0.2, 0.25) is 0 Å². The van der Waals surface area contributed by atoms with E-state index in [0.717, 1.165) is 0 Å². The van der Waals surface area contributed by atoms with E-state index in [1.54, 1.807) is 24.2 Å². The zero-order valence-electron chi connectivity index (χ0n) is 6.11. The number of methoxy groups -OCH3 is 1. The lowest BCUT2D eigenvalue weighted by Gasteiger charge is -2.07. The third-order valence-corrected chi connectivity index (χ3v) is 1.34. The molecule has 1 atom stereocenters. The third-order valence-electron chi connectivity index (χ3n) is 1.34. The van der Waals surface area contributed by atoms with Crippen molar-refractivity contribution in [3.63, 3.8) is 0 Å². The molecule has 4 nitrogen and oxygen atoms in total. The number of rotatable bonds is 2. The lowest BCUT2D eigenvalue weighted by molar-refractivity contribution is 0.0502. The van der Waals surface area contributed by atoms with Gasteiger partial charge in [-0.15, -0.1) is 0 Å². The van der Waals surface area contributed by atoms with Crippen molar-refractivity contribution in [3.05, 3.63) is 12.4 Å². The van der Waals surface area contributed by atoms with Crippen molar-refractivity contribution in [1.29, 1.82) is 0 Å². The van der Waals surface area contributed by atoms with Crippen LogP contribution >= 0.6 is 0 Å². The molecule has 0 aliphatic carbocycles. The quantitative estimate of drug-likeness (QED) is 0.657. The maximum Gasteiger partial charge on any atom is 0.147 e. The summed E-state index contributed by atoms with van der Waals surface area (Å²) >= 11 is 0. The molecule has 1 aromatic heterocycles. The molecule has 0 bridgehead atoms. The number of anilines is 1. The molecule has 1 unspecified atom stereocenters. The van der Waals surface area contributed by atoms with Crippen molar-refractivity contribution in [2.75, 3.05) is 12.8 Å². The van der Waals surface area contributed by atoms with E-state index in [1.807, 2.05) is 6.92 Å². The average Bonchev–Trinajstić information content (AvgIpc) is 2.34. The average molecular weight is 141 g/mol. The minimum absolute atomic E-state index is 0.0442. The van der Waals surface area contributed by atoms with E-state index in [2.05, 4.69) is 5.10 Å². The normalized spacial score (nSPS) is 13.4. The number of aromatic nitrogens is 2. The van der Waals surface area contributed by atoms with Crippen LogP contribution in [0.4, 0.5) is 5.69 Å². The lowest BCUT2D eigenvalue weighted by Crippen LogP contribution is -2.06. The number of ether oxygens (including phenoxy) is 1. The molecule has 1 aromatic rings. The molecule has 0 saturated carbocycles. The second kappa shape index (κ2) is 2.70. The summed E-state index contributed by atoms with van der Waals surface area (Å²) < 4.78 is 6.66. The number of hydrogen-bond acceptors (Lipinski definition) is 3. The van der Waals surface area contributed by atoms with Crippen LogP contribution in [0.1, 0.15) is 13.2 Å². The SMILES string of the molecule is COC(C)n1cc(N)cn1.